The van der Waals surface area contributed by atoms with Gasteiger partial charge in [0.25, 0.3) is 0 Å². The van der Waals surface area contributed by atoms with E-state index in [9.17, 15) is 20.1 Å². The van der Waals surface area contributed by atoms with Crippen LogP contribution in [0.4, 0.5) is 0 Å². The van der Waals surface area contributed by atoms with Crippen molar-refractivity contribution in [1.29, 1.82) is 0 Å². The van der Waals surface area contributed by atoms with Crippen molar-refractivity contribution in [2.45, 2.75) is 110 Å². The number of carbonyl (C=O) groups excluding carboxylic acids is 1. The van der Waals surface area contributed by atoms with Crippen LogP contribution in [0, 0.1) is 52.3 Å². The van der Waals surface area contributed by atoms with E-state index in [-0.39, 0.29) is 41.0 Å². The number of carbonyl (C=O) groups is 1. The molecule has 4 aliphatic carbocycles. The first-order valence-electron chi connectivity index (χ1n) is 13.1. The molecule has 2 unspecified atom stereocenters. The number of fused-ring (bicyclic) bond motifs is 5. The average molecular weight is 435 g/mol. The van der Waals surface area contributed by atoms with Crippen LogP contribution in [0.25, 0.3) is 0 Å². The summed E-state index contributed by atoms with van der Waals surface area (Å²) in [4.78, 5) is 11.0. The lowest BCUT2D eigenvalue weighted by Gasteiger charge is -2.63. The Labute approximate surface area is 189 Å². The topological polar surface area (TPSA) is 77.8 Å². The zero-order valence-corrected chi connectivity index (χ0v) is 20.2. The van der Waals surface area contributed by atoms with Gasteiger partial charge in [-0.05, 0) is 97.7 Å². The molecule has 12 atom stereocenters. The van der Waals surface area contributed by atoms with E-state index >= 15 is 0 Å². The van der Waals surface area contributed by atoms with Gasteiger partial charge in [-0.15, -0.1) is 0 Å². The third-order valence-electron chi connectivity index (χ3n) is 11.1. The van der Waals surface area contributed by atoms with Crippen molar-refractivity contribution in [3.8, 4) is 0 Å². The molecule has 3 N–H and O–H groups in total. The van der Waals surface area contributed by atoms with Gasteiger partial charge in [-0.2, -0.15) is 0 Å². The van der Waals surface area contributed by atoms with Crippen LogP contribution in [0.2, 0.25) is 0 Å². The molecule has 4 saturated carbocycles. The van der Waals surface area contributed by atoms with Gasteiger partial charge in [0.1, 0.15) is 6.29 Å². The fourth-order valence-corrected chi connectivity index (χ4v) is 9.16. The van der Waals surface area contributed by atoms with Crippen molar-refractivity contribution in [3.63, 3.8) is 0 Å². The van der Waals surface area contributed by atoms with E-state index in [2.05, 4.69) is 20.8 Å². The van der Waals surface area contributed by atoms with Gasteiger partial charge in [-0.3, -0.25) is 0 Å². The summed E-state index contributed by atoms with van der Waals surface area (Å²) >= 11 is 0. The maximum Gasteiger partial charge on any atom is 0.122 e. The third-order valence-corrected chi connectivity index (χ3v) is 11.1. The first kappa shape index (κ1) is 23.7. The minimum absolute atomic E-state index is 0.116. The number of hydrogen-bond donors (Lipinski definition) is 3. The molecule has 4 rings (SSSR count). The number of aliphatic hydroxyl groups excluding tert-OH is 3. The van der Waals surface area contributed by atoms with Crippen LogP contribution in [0.5, 0.6) is 0 Å². The fraction of sp³-hybridized carbons (Fsp3) is 0.963. The first-order chi connectivity index (χ1) is 14.6. The summed E-state index contributed by atoms with van der Waals surface area (Å²) < 4.78 is 0. The summed E-state index contributed by atoms with van der Waals surface area (Å²) in [6.07, 6.45) is 9.98. The zero-order valence-electron chi connectivity index (χ0n) is 20.2. The molecule has 0 amide bonds. The molecule has 0 radical (unpaired) electrons. The van der Waals surface area contributed by atoms with Crippen molar-refractivity contribution < 1.29 is 20.1 Å². The summed E-state index contributed by atoms with van der Waals surface area (Å²) in [6.45, 7) is 9.07. The summed E-state index contributed by atoms with van der Waals surface area (Å²) in [6, 6.07) is 0. The monoisotopic (exact) mass is 434 g/mol. The highest BCUT2D eigenvalue weighted by Gasteiger charge is 2.65. The largest absolute Gasteiger partial charge is 0.393 e. The summed E-state index contributed by atoms with van der Waals surface area (Å²) in [5.74, 6) is 2.59. The average Bonchev–Trinajstić information content (AvgIpc) is 3.08. The highest BCUT2D eigenvalue weighted by molar-refractivity contribution is 5.52. The smallest absolute Gasteiger partial charge is 0.122 e. The Morgan fingerprint density at radius 3 is 2.42 bits per heavy atom. The molecule has 0 aromatic rings. The minimum Gasteiger partial charge on any atom is -0.393 e. The Balaban J connectivity index is 1.53. The quantitative estimate of drug-likeness (QED) is 0.534. The molecule has 0 heterocycles. The lowest BCUT2D eigenvalue weighted by Crippen LogP contribution is -2.62. The molecule has 0 aromatic carbocycles. The molecular formula is C27H46O4. The molecular weight excluding hydrogens is 388 g/mol. The summed E-state index contributed by atoms with van der Waals surface area (Å²) in [7, 11) is 0. The Morgan fingerprint density at radius 2 is 1.71 bits per heavy atom. The molecule has 0 aliphatic heterocycles. The van der Waals surface area contributed by atoms with E-state index in [1.54, 1.807) is 0 Å². The van der Waals surface area contributed by atoms with Gasteiger partial charge in [-0.25, -0.2) is 0 Å². The highest BCUT2D eigenvalue weighted by atomic mass is 16.3. The van der Waals surface area contributed by atoms with Gasteiger partial charge in [-0.1, -0.05) is 40.5 Å². The minimum atomic E-state index is -0.308. The van der Waals surface area contributed by atoms with E-state index in [4.69, 9.17) is 0 Å². The molecule has 4 heteroatoms. The normalized spacial score (nSPS) is 51.3. The van der Waals surface area contributed by atoms with Crippen molar-refractivity contribution >= 4 is 6.29 Å². The second-order valence-corrected chi connectivity index (χ2v) is 12.5. The SMILES string of the molecule is CC(C=O)CCC[C@@H](C)[C@H]1CC[C@H]2[C@@H]3[C@H](O)CC4C[C@H](O)CC[C@]4(C)[C@H]3C[C@H](O)[C@]12C. The Bertz CT molecular complexity index is 651. The van der Waals surface area contributed by atoms with Crippen molar-refractivity contribution in [2.24, 2.45) is 52.3 Å². The molecule has 4 nitrogen and oxygen atoms in total. The fourth-order valence-electron chi connectivity index (χ4n) is 9.16. The van der Waals surface area contributed by atoms with E-state index in [0.717, 1.165) is 70.5 Å². The van der Waals surface area contributed by atoms with Gasteiger partial charge >= 0.3 is 0 Å². The number of rotatable bonds is 6. The van der Waals surface area contributed by atoms with Crippen LogP contribution >= 0.6 is 0 Å². The Hall–Kier alpha value is -0.450. The summed E-state index contributed by atoms with van der Waals surface area (Å²) in [5, 5.41) is 33.2. The molecule has 4 fully saturated rings. The van der Waals surface area contributed by atoms with E-state index in [1.807, 2.05) is 6.92 Å². The van der Waals surface area contributed by atoms with E-state index in [1.165, 1.54) is 0 Å². The van der Waals surface area contributed by atoms with Gasteiger partial charge in [0.2, 0.25) is 0 Å². The molecule has 178 valence electrons. The maximum atomic E-state index is 11.6. The second-order valence-electron chi connectivity index (χ2n) is 12.5. The van der Waals surface area contributed by atoms with Crippen LogP contribution < -0.4 is 0 Å². The van der Waals surface area contributed by atoms with E-state index < -0.39 is 0 Å². The zero-order chi connectivity index (χ0) is 22.6. The molecule has 0 bridgehead atoms. The predicted molar refractivity (Wildman–Crippen MR) is 122 cm³/mol. The Morgan fingerprint density at radius 1 is 0.968 bits per heavy atom. The molecule has 0 saturated heterocycles. The van der Waals surface area contributed by atoms with Crippen LogP contribution in [0.15, 0.2) is 0 Å². The number of aldehydes is 1. The van der Waals surface area contributed by atoms with Crippen LogP contribution in [-0.4, -0.2) is 39.9 Å². The standard InChI is InChI=1S/C27H46O4/c1-16(15-28)6-5-7-17(2)20-8-9-21-25-22(14-24(31)27(20,21)4)26(3)11-10-19(29)12-18(26)13-23(25)30/h15-25,29-31H,5-14H2,1-4H3/t16?,17-,18?,19-,20-,21+,22+,23-,24+,25+,26+,27-/m1/s1. The number of aliphatic hydroxyl groups is 3. The van der Waals surface area contributed by atoms with Crippen LogP contribution in [-0.2, 0) is 4.79 Å². The van der Waals surface area contributed by atoms with Crippen molar-refractivity contribution in [3.05, 3.63) is 0 Å². The third kappa shape index (κ3) is 3.83. The molecule has 31 heavy (non-hydrogen) atoms. The predicted octanol–water partition coefficient (Wildman–Crippen LogP) is 4.59. The first-order valence-corrected chi connectivity index (χ1v) is 13.1. The van der Waals surface area contributed by atoms with Gasteiger partial charge in [0, 0.05) is 5.92 Å². The molecule has 0 aromatic heterocycles. The molecule has 4 aliphatic rings. The van der Waals surface area contributed by atoms with Gasteiger partial charge in [0.05, 0.1) is 18.3 Å². The number of hydrogen-bond acceptors (Lipinski definition) is 4. The molecule has 0 spiro atoms. The highest BCUT2D eigenvalue weighted by Crippen LogP contribution is 2.68. The van der Waals surface area contributed by atoms with Crippen molar-refractivity contribution in [1.82, 2.24) is 0 Å². The summed E-state index contributed by atoms with van der Waals surface area (Å²) in [5.41, 5.74) is 0.0231. The second kappa shape index (κ2) is 8.72. The van der Waals surface area contributed by atoms with Crippen LogP contribution in [0.1, 0.15) is 91.9 Å². The van der Waals surface area contributed by atoms with E-state index in [0.29, 0.717) is 29.6 Å². The maximum absolute atomic E-state index is 11.6. The van der Waals surface area contributed by atoms with Gasteiger partial charge in [0.15, 0.2) is 0 Å². The van der Waals surface area contributed by atoms with Crippen molar-refractivity contribution in [2.75, 3.05) is 0 Å². The lowest BCUT2D eigenvalue weighted by atomic mass is 9.43. The lowest BCUT2D eigenvalue weighted by molar-refractivity contribution is -0.207. The van der Waals surface area contributed by atoms with Crippen LogP contribution in [0.3, 0.4) is 0 Å². The Kier molecular flexibility index (Phi) is 6.67. The van der Waals surface area contributed by atoms with Gasteiger partial charge < -0.3 is 20.1 Å².